The van der Waals surface area contributed by atoms with Crippen molar-refractivity contribution in [3.63, 3.8) is 0 Å². The van der Waals surface area contributed by atoms with Gasteiger partial charge in [0, 0.05) is 26.1 Å². The maximum atomic E-state index is 7.18. The summed E-state index contributed by atoms with van der Waals surface area (Å²) in [7, 11) is 1.70. The summed E-state index contributed by atoms with van der Waals surface area (Å²) in [5.74, 6) is 0.743. The molecule has 0 aromatic carbocycles. The minimum atomic E-state index is 0.184. The molecule has 0 spiro atoms. The zero-order chi connectivity index (χ0) is 8.27. The fraction of sp³-hybridized carbons (Fsp3) is 0.857. The van der Waals surface area contributed by atoms with Crippen molar-refractivity contribution < 1.29 is 4.74 Å². The number of guanidine groups is 1. The third kappa shape index (κ3) is 2.08. The summed E-state index contributed by atoms with van der Waals surface area (Å²) in [5, 5.41) is 7.18. The molecule has 1 heterocycles. The van der Waals surface area contributed by atoms with Crippen molar-refractivity contribution in [1.82, 2.24) is 4.90 Å². The van der Waals surface area contributed by atoms with Gasteiger partial charge in [0.05, 0.1) is 6.61 Å². The van der Waals surface area contributed by atoms with E-state index in [2.05, 4.69) is 0 Å². The average molecular weight is 157 g/mol. The highest BCUT2D eigenvalue weighted by Gasteiger charge is 2.22. The van der Waals surface area contributed by atoms with E-state index in [9.17, 15) is 0 Å². The second-order valence-corrected chi connectivity index (χ2v) is 2.94. The van der Waals surface area contributed by atoms with Crippen LogP contribution in [0.4, 0.5) is 0 Å². The fourth-order valence-corrected chi connectivity index (χ4v) is 1.42. The molecule has 0 bridgehead atoms. The van der Waals surface area contributed by atoms with Gasteiger partial charge in [0.1, 0.15) is 0 Å². The molecule has 4 nitrogen and oxygen atoms in total. The van der Waals surface area contributed by atoms with Gasteiger partial charge in [-0.15, -0.1) is 0 Å². The van der Waals surface area contributed by atoms with Gasteiger partial charge < -0.3 is 15.4 Å². The van der Waals surface area contributed by atoms with Gasteiger partial charge >= 0.3 is 0 Å². The van der Waals surface area contributed by atoms with Crippen molar-refractivity contribution in [3.8, 4) is 0 Å². The number of nitrogens with zero attached hydrogens (tertiary/aromatic N) is 1. The Kier molecular flexibility index (Phi) is 2.70. The van der Waals surface area contributed by atoms with E-state index in [0.717, 1.165) is 26.1 Å². The lowest BCUT2D eigenvalue weighted by Gasteiger charge is -2.14. The smallest absolute Gasteiger partial charge is 0.188 e. The number of rotatable bonds is 2. The molecule has 0 saturated carbocycles. The highest BCUT2D eigenvalue weighted by molar-refractivity contribution is 5.74. The summed E-state index contributed by atoms with van der Waals surface area (Å²) in [6, 6.07) is 0. The first-order chi connectivity index (χ1) is 5.24. The molecular formula is C7H15N3O. The van der Waals surface area contributed by atoms with Crippen LogP contribution in [0.25, 0.3) is 0 Å². The van der Waals surface area contributed by atoms with E-state index >= 15 is 0 Å². The second-order valence-electron chi connectivity index (χ2n) is 2.94. The van der Waals surface area contributed by atoms with Crippen molar-refractivity contribution in [2.45, 2.75) is 6.42 Å². The Labute approximate surface area is 66.8 Å². The van der Waals surface area contributed by atoms with Crippen LogP contribution in [0.2, 0.25) is 0 Å². The predicted molar refractivity (Wildman–Crippen MR) is 43.5 cm³/mol. The minimum absolute atomic E-state index is 0.184. The van der Waals surface area contributed by atoms with Crippen molar-refractivity contribution in [2.75, 3.05) is 26.8 Å². The third-order valence-electron chi connectivity index (χ3n) is 2.03. The Balaban J connectivity index is 2.29. The summed E-state index contributed by atoms with van der Waals surface area (Å²) < 4.78 is 5.02. The molecule has 1 aliphatic rings. The molecule has 0 aromatic rings. The van der Waals surface area contributed by atoms with Crippen LogP contribution in [-0.4, -0.2) is 37.7 Å². The molecule has 0 radical (unpaired) electrons. The van der Waals surface area contributed by atoms with Gasteiger partial charge in [0.2, 0.25) is 0 Å². The van der Waals surface area contributed by atoms with Crippen molar-refractivity contribution >= 4 is 5.96 Å². The van der Waals surface area contributed by atoms with E-state index in [1.165, 1.54) is 0 Å². The van der Waals surface area contributed by atoms with E-state index in [1.807, 2.05) is 4.90 Å². The largest absolute Gasteiger partial charge is 0.384 e. The number of nitrogens with one attached hydrogen (secondary N) is 1. The van der Waals surface area contributed by atoms with Gasteiger partial charge in [-0.3, -0.25) is 5.41 Å². The molecule has 1 unspecified atom stereocenters. The van der Waals surface area contributed by atoms with Crippen LogP contribution in [0.1, 0.15) is 6.42 Å². The monoisotopic (exact) mass is 157 g/mol. The zero-order valence-electron chi connectivity index (χ0n) is 6.84. The molecule has 3 N–H and O–H groups in total. The number of hydrogen-bond donors (Lipinski definition) is 2. The summed E-state index contributed by atoms with van der Waals surface area (Å²) in [6.45, 7) is 2.57. The SMILES string of the molecule is COCC1CCN(C(=N)N)C1. The maximum Gasteiger partial charge on any atom is 0.188 e. The predicted octanol–water partition coefficient (Wildman–Crippen LogP) is -0.152. The Morgan fingerprint density at radius 2 is 2.55 bits per heavy atom. The molecule has 64 valence electrons. The minimum Gasteiger partial charge on any atom is -0.384 e. The van der Waals surface area contributed by atoms with Crippen LogP contribution in [0.3, 0.4) is 0 Å². The summed E-state index contributed by atoms with van der Waals surface area (Å²) in [4.78, 5) is 1.88. The Bertz CT molecular complexity index is 149. The van der Waals surface area contributed by atoms with Gasteiger partial charge in [0.15, 0.2) is 5.96 Å². The topological polar surface area (TPSA) is 62.3 Å². The maximum absolute atomic E-state index is 7.18. The van der Waals surface area contributed by atoms with Crippen molar-refractivity contribution in [1.29, 1.82) is 5.41 Å². The lowest BCUT2D eigenvalue weighted by atomic mass is 10.1. The first-order valence-corrected chi connectivity index (χ1v) is 3.82. The van der Waals surface area contributed by atoms with Gasteiger partial charge in [-0.05, 0) is 6.42 Å². The number of ether oxygens (including phenoxy) is 1. The Morgan fingerprint density at radius 3 is 3.00 bits per heavy atom. The third-order valence-corrected chi connectivity index (χ3v) is 2.03. The molecule has 4 heteroatoms. The zero-order valence-corrected chi connectivity index (χ0v) is 6.84. The second kappa shape index (κ2) is 3.57. The molecule has 0 aliphatic carbocycles. The van der Waals surface area contributed by atoms with Crippen LogP contribution in [-0.2, 0) is 4.74 Å². The lowest BCUT2D eigenvalue weighted by Crippen LogP contribution is -2.34. The van der Waals surface area contributed by atoms with E-state index in [4.69, 9.17) is 15.9 Å². The van der Waals surface area contributed by atoms with Gasteiger partial charge in [0.25, 0.3) is 0 Å². The fourth-order valence-electron chi connectivity index (χ4n) is 1.42. The highest BCUT2D eigenvalue weighted by atomic mass is 16.5. The summed E-state index contributed by atoms with van der Waals surface area (Å²) >= 11 is 0. The number of likely N-dealkylation sites (tertiary alicyclic amines) is 1. The summed E-state index contributed by atoms with van der Waals surface area (Å²) in [6.07, 6.45) is 1.09. The Morgan fingerprint density at radius 1 is 1.82 bits per heavy atom. The first kappa shape index (κ1) is 8.33. The van der Waals surface area contributed by atoms with Crippen LogP contribution < -0.4 is 5.73 Å². The van der Waals surface area contributed by atoms with E-state index in [-0.39, 0.29) is 5.96 Å². The van der Waals surface area contributed by atoms with Crippen LogP contribution >= 0.6 is 0 Å². The average Bonchev–Trinajstić information content (AvgIpc) is 2.37. The van der Waals surface area contributed by atoms with Crippen LogP contribution in [0.15, 0.2) is 0 Å². The van der Waals surface area contributed by atoms with E-state index in [0.29, 0.717) is 5.92 Å². The molecule has 0 aromatic heterocycles. The normalized spacial score (nSPS) is 24.1. The van der Waals surface area contributed by atoms with E-state index in [1.54, 1.807) is 7.11 Å². The molecule has 1 atom stereocenters. The standard InChI is InChI=1S/C7H15N3O/c1-11-5-6-2-3-10(4-6)7(8)9/h6H,2-5H2,1H3,(H3,8,9). The molecule has 11 heavy (non-hydrogen) atoms. The van der Waals surface area contributed by atoms with Gasteiger partial charge in [-0.2, -0.15) is 0 Å². The highest BCUT2D eigenvalue weighted by Crippen LogP contribution is 2.14. The van der Waals surface area contributed by atoms with Crippen LogP contribution in [0, 0.1) is 11.3 Å². The van der Waals surface area contributed by atoms with Gasteiger partial charge in [-0.25, -0.2) is 0 Å². The molecule has 1 rings (SSSR count). The first-order valence-electron chi connectivity index (χ1n) is 3.82. The molecule has 1 aliphatic heterocycles. The van der Waals surface area contributed by atoms with Crippen LogP contribution in [0.5, 0.6) is 0 Å². The number of hydrogen-bond acceptors (Lipinski definition) is 2. The number of nitrogens with two attached hydrogens (primary N) is 1. The van der Waals surface area contributed by atoms with E-state index < -0.39 is 0 Å². The molecule has 1 fully saturated rings. The molecule has 1 saturated heterocycles. The van der Waals surface area contributed by atoms with Gasteiger partial charge in [-0.1, -0.05) is 0 Å². The quantitative estimate of drug-likeness (QED) is 0.433. The Hall–Kier alpha value is -0.770. The molecular weight excluding hydrogens is 142 g/mol. The number of methoxy groups -OCH3 is 1. The summed E-state index contributed by atoms with van der Waals surface area (Å²) in [5.41, 5.74) is 5.32. The van der Waals surface area contributed by atoms with Crippen molar-refractivity contribution in [3.05, 3.63) is 0 Å². The van der Waals surface area contributed by atoms with Crippen molar-refractivity contribution in [2.24, 2.45) is 11.7 Å². The lowest BCUT2D eigenvalue weighted by molar-refractivity contribution is 0.157. The molecule has 0 amide bonds.